The summed E-state index contributed by atoms with van der Waals surface area (Å²) >= 11 is 1.18. The van der Waals surface area contributed by atoms with Gasteiger partial charge in [-0.15, -0.1) is 11.3 Å². The maximum Gasteiger partial charge on any atom is 0.349 e. The lowest BCUT2D eigenvalue weighted by Gasteiger charge is -2.21. The quantitative estimate of drug-likeness (QED) is 0.838. The molecule has 0 saturated carbocycles. The highest BCUT2D eigenvalue weighted by Gasteiger charge is 2.37. The highest BCUT2D eigenvalue weighted by molar-refractivity contribution is 7.18. The Kier molecular flexibility index (Phi) is 4.71. The monoisotopic (exact) mass is 323 g/mol. The Hall–Kier alpha value is -2.48. The van der Waals surface area contributed by atoms with E-state index in [4.69, 9.17) is 9.47 Å². The number of aliphatic carboxylic acids is 1. The average molecular weight is 323 g/mol. The number of nitrogens with zero attached hydrogens (tertiary/aromatic N) is 1. The lowest BCUT2D eigenvalue weighted by molar-refractivity contribution is -0.178. The summed E-state index contributed by atoms with van der Waals surface area (Å²) in [5.74, 6) is -2.89. The van der Waals surface area contributed by atoms with Crippen LogP contribution in [0.4, 0.5) is 0 Å². The Labute approximate surface area is 129 Å². The molecular formula is C14H13NO6S. The van der Waals surface area contributed by atoms with Crippen molar-refractivity contribution in [2.24, 2.45) is 0 Å². The van der Waals surface area contributed by atoms with Gasteiger partial charge in [-0.1, -0.05) is 12.1 Å². The second-order valence-electron chi connectivity index (χ2n) is 4.42. The number of carbonyl (C=O) groups excluding carboxylic acids is 2. The van der Waals surface area contributed by atoms with Gasteiger partial charge in [0.25, 0.3) is 0 Å². The molecule has 22 heavy (non-hydrogen) atoms. The van der Waals surface area contributed by atoms with Gasteiger partial charge in [0.2, 0.25) is 12.2 Å². The zero-order valence-corrected chi connectivity index (χ0v) is 12.6. The molecule has 7 nitrogen and oxygen atoms in total. The number of hydrogen-bond donors (Lipinski definition) is 1. The topological polar surface area (TPSA) is 103 Å². The molecule has 0 amide bonds. The molecule has 0 aliphatic rings. The number of rotatable bonds is 5. The van der Waals surface area contributed by atoms with Crippen molar-refractivity contribution in [2.45, 2.75) is 26.1 Å². The summed E-state index contributed by atoms with van der Waals surface area (Å²) in [6, 6.07) is 7.16. The second kappa shape index (κ2) is 6.52. The molecule has 0 fully saturated rings. The van der Waals surface area contributed by atoms with Crippen LogP contribution in [0.2, 0.25) is 0 Å². The Balaban J connectivity index is 2.45. The van der Waals surface area contributed by atoms with Crippen molar-refractivity contribution >= 4 is 39.5 Å². The first-order valence-corrected chi connectivity index (χ1v) is 7.13. The molecule has 0 aliphatic heterocycles. The highest BCUT2D eigenvalue weighted by Crippen LogP contribution is 2.31. The predicted molar refractivity (Wildman–Crippen MR) is 77.3 cm³/mol. The van der Waals surface area contributed by atoms with Crippen molar-refractivity contribution in [3.8, 4) is 0 Å². The van der Waals surface area contributed by atoms with Crippen molar-refractivity contribution in [3.05, 3.63) is 29.3 Å². The minimum absolute atomic E-state index is 0.255. The molecule has 1 heterocycles. The number of carboxylic acid groups (broad SMARTS) is 1. The molecule has 1 aromatic heterocycles. The van der Waals surface area contributed by atoms with Gasteiger partial charge in [0.05, 0.1) is 10.2 Å². The van der Waals surface area contributed by atoms with E-state index in [-0.39, 0.29) is 5.01 Å². The van der Waals surface area contributed by atoms with Gasteiger partial charge < -0.3 is 14.6 Å². The molecule has 2 aromatic rings. The minimum Gasteiger partial charge on any atom is -0.478 e. The summed E-state index contributed by atoms with van der Waals surface area (Å²) < 4.78 is 10.6. The SMILES string of the molecule is CC(=O)O[C@@H](C(=O)O)[C@@H](OC(C)=O)c1nc2ccccc2s1. The fourth-order valence-electron chi connectivity index (χ4n) is 1.85. The molecule has 0 radical (unpaired) electrons. The van der Waals surface area contributed by atoms with E-state index >= 15 is 0 Å². The number of benzene rings is 1. The summed E-state index contributed by atoms with van der Waals surface area (Å²) in [6.07, 6.45) is -2.95. The second-order valence-corrected chi connectivity index (χ2v) is 5.48. The van der Waals surface area contributed by atoms with Crippen molar-refractivity contribution in [3.63, 3.8) is 0 Å². The normalized spacial score (nSPS) is 13.4. The molecule has 116 valence electrons. The van der Waals surface area contributed by atoms with Gasteiger partial charge in [0.1, 0.15) is 5.01 Å². The van der Waals surface area contributed by atoms with Crippen LogP contribution in [0.15, 0.2) is 24.3 Å². The largest absolute Gasteiger partial charge is 0.478 e. The third-order valence-corrected chi connectivity index (χ3v) is 3.76. The van der Waals surface area contributed by atoms with Crippen LogP contribution in [-0.2, 0) is 23.9 Å². The number of thiazole rings is 1. The van der Waals surface area contributed by atoms with Gasteiger partial charge >= 0.3 is 17.9 Å². The molecule has 8 heteroatoms. The van der Waals surface area contributed by atoms with Crippen LogP contribution < -0.4 is 0 Å². The molecule has 2 atom stereocenters. The third-order valence-electron chi connectivity index (χ3n) is 2.66. The van der Waals surface area contributed by atoms with E-state index in [2.05, 4.69) is 4.98 Å². The van der Waals surface area contributed by atoms with Gasteiger partial charge in [0.15, 0.2) is 0 Å². The van der Waals surface area contributed by atoms with E-state index in [1.54, 1.807) is 12.1 Å². The third kappa shape index (κ3) is 3.59. The number of aromatic nitrogens is 1. The zero-order chi connectivity index (χ0) is 16.3. The smallest absolute Gasteiger partial charge is 0.349 e. The van der Waals surface area contributed by atoms with Crippen LogP contribution >= 0.6 is 11.3 Å². The fraction of sp³-hybridized carbons (Fsp3) is 0.286. The van der Waals surface area contributed by atoms with E-state index in [9.17, 15) is 19.5 Å². The first-order valence-electron chi connectivity index (χ1n) is 6.31. The molecule has 0 bridgehead atoms. The van der Waals surface area contributed by atoms with Crippen LogP contribution in [0, 0.1) is 0 Å². The van der Waals surface area contributed by atoms with Crippen molar-refractivity contribution < 1.29 is 29.0 Å². The number of para-hydroxylation sites is 1. The summed E-state index contributed by atoms with van der Waals surface area (Å²) in [5, 5.41) is 9.50. The van der Waals surface area contributed by atoms with Crippen molar-refractivity contribution in [1.82, 2.24) is 4.98 Å². The maximum absolute atomic E-state index is 11.4. The average Bonchev–Trinajstić information content (AvgIpc) is 2.85. The highest BCUT2D eigenvalue weighted by atomic mass is 32.1. The van der Waals surface area contributed by atoms with Gasteiger partial charge in [-0.2, -0.15) is 0 Å². The van der Waals surface area contributed by atoms with Gasteiger partial charge in [-0.05, 0) is 12.1 Å². The molecule has 0 spiro atoms. The first kappa shape index (κ1) is 15.9. The summed E-state index contributed by atoms with van der Waals surface area (Å²) in [4.78, 5) is 38.0. The van der Waals surface area contributed by atoms with Crippen LogP contribution in [0.3, 0.4) is 0 Å². The van der Waals surface area contributed by atoms with Crippen LogP contribution in [0.5, 0.6) is 0 Å². The number of fused-ring (bicyclic) bond motifs is 1. The minimum atomic E-state index is -1.65. The van der Waals surface area contributed by atoms with E-state index in [0.717, 1.165) is 18.5 Å². The van der Waals surface area contributed by atoms with Crippen LogP contribution in [-0.4, -0.2) is 34.1 Å². The summed E-state index contributed by atoms with van der Waals surface area (Å²) in [6.45, 7) is 2.23. The molecule has 2 rings (SSSR count). The van der Waals surface area contributed by atoms with E-state index < -0.39 is 30.1 Å². The van der Waals surface area contributed by atoms with E-state index in [1.165, 1.54) is 11.3 Å². The molecule has 0 unspecified atom stereocenters. The number of ether oxygens (including phenoxy) is 2. The fourth-order valence-corrected chi connectivity index (χ4v) is 2.87. The molecule has 1 aromatic carbocycles. The summed E-state index contributed by atoms with van der Waals surface area (Å²) in [5.41, 5.74) is 0.645. The van der Waals surface area contributed by atoms with Gasteiger partial charge in [0, 0.05) is 13.8 Å². The Bertz CT molecular complexity index is 692. The first-order chi connectivity index (χ1) is 10.4. The Morgan fingerprint density at radius 2 is 1.77 bits per heavy atom. The maximum atomic E-state index is 11.4. The molecule has 0 saturated heterocycles. The lowest BCUT2D eigenvalue weighted by Crippen LogP contribution is -2.34. The standard InChI is InChI=1S/C14H13NO6S/c1-7(16)20-11(12(14(18)19)21-8(2)17)13-15-9-5-3-4-6-10(9)22-13/h3-6,11-12H,1-2H3,(H,18,19)/t11-,12-/m1/s1. The molecule has 0 aliphatic carbocycles. The number of carbonyl (C=O) groups is 3. The predicted octanol–water partition coefficient (Wildman–Crippen LogP) is 1.92. The Morgan fingerprint density at radius 3 is 2.32 bits per heavy atom. The van der Waals surface area contributed by atoms with Crippen LogP contribution in [0.25, 0.3) is 10.2 Å². The van der Waals surface area contributed by atoms with Crippen LogP contribution in [0.1, 0.15) is 25.0 Å². The van der Waals surface area contributed by atoms with Crippen molar-refractivity contribution in [1.29, 1.82) is 0 Å². The number of hydrogen-bond acceptors (Lipinski definition) is 7. The Morgan fingerprint density at radius 1 is 1.14 bits per heavy atom. The van der Waals surface area contributed by atoms with Gasteiger partial charge in [-0.3, -0.25) is 9.59 Å². The van der Waals surface area contributed by atoms with Gasteiger partial charge in [-0.25, -0.2) is 9.78 Å². The zero-order valence-electron chi connectivity index (χ0n) is 11.8. The molecule has 1 N–H and O–H groups in total. The number of esters is 2. The van der Waals surface area contributed by atoms with E-state index in [0.29, 0.717) is 5.52 Å². The summed E-state index contributed by atoms with van der Waals surface area (Å²) in [7, 11) is 0. The van der Waals surface area contributed by atoms with Crippen molar-refractivity contribution in [2.75, 3.05) is 0 Å². The lowest BCUT2D eigenvalue weighted by atomic mass is 10.2. The van der Waals surface area contributed by atoms with E-state index in [1.807, 2.05) is 12.1 Å². The molecular weight excluding hydrogens is 310 g/mol. The number of carboxylic acids is 1.